The predicted octanol–water partition coefficient (Wildman–Crippen LogP) is 1.60. The first-order chi connectivity index (χ1) is 8.29. The molecular formula is C12H18N4O. The van der Waals surface area contributed by atoms with Crippen LogP contribution < -0.4 is 0 Å². The maximum absolute atomic E-state index is 12.1. The van der Waals surface area contributed by atoms with Crippen molar-refractivity contribution in [2.75, 3.05) is 13.1 Å². The molecule has 1 amide bonds. The third-order valence-corrected chi connectivity index (χ3v) is 4.41. The summed E-state index contributed by atoms with van der Waals surface area (Å²) in [5, 5.41) is 10.0. The number of aromatic nitrogens is 3. The molecule has 1 aromatic heterocycles. The monoisotopic (exact) mass is 234 g/mol. The van der Waals surface area contributed by atoms with Crippen molar-refractivity contribution in [3.63, 3.8) is 0 Å². The summed E-state index contributed by atoms with van der Waals surface area (Å²) >= 11 is 0. The van der Waals surface area contributed by atoms with Crippen molar-refractivity contribution in [3.05, 3.63) is 11.9 Å². The fraction of sp³-hybridized carbons (Fsp3) is 0.750. The van der Waals surface area contributed by atoms with Gasteiger partial charge in [0.1, 0.15) is 0 Å². The number of carbonyl (C=O) groups excluding carboxylic acids is 1. The van der Waals surface area contributed by atoms with E-state index in [0.29, 0.717) is 11.1 Å². The minimum Gasteiger partial charge on any atom is -0.337 e. The average molecular weight is 234 g/mol. The zero-order valence-electron chi connectivity index (χ0n) is 9.98. The highest BCUT2D eigenvalue weighted by Gasteiger charge is 2.38. The van der Waals surface area contributed by atoms with Gasteiger partial charge in [0.2, 0.25) is 0 Å². The highest BCUT2D eigenvalue weighted by atomic mass is 16.2. The molecule has 92 valence electrons. The molecule has 1 spiro atoms. The molecule has 5 nitrogen and oxygen atoms in total. The Kier molecular flexibility index (Phi) is 2.61. The molecule has 0 bridgehead atoms. The van der Waals surface area contributed by atoms with Gasteiger partial charge in [0.15, 0.2) is 5.69 Å². The molecule has 17 heavy (non-hydrogen) atoms. The van der Waals surface area contributed by atoms with E-state index >= 15 is 0 Å². The minimum absolute atomic E-state index is 0.0200. The van der Waals surface area contributed by atoms with Crippen molar-refractivity contribution in [1.82, 2.24) is 20.3 Å². The average Bonchev–Trinajstić information content (AvgIpc) is 3.01. The molecule has 2 aliphatic rings. The highest BCUT2D eigenvalue weighted by molar-refractivity contribution is 5.91. The first-order valence-corrected chi connectivity index (χ1v) is 6.44. The number of nitrogens with one attached hydrogen (secondary N) is 1. The molecule has 1 saturated carbocycles. The summed E-state index contributed by atoms with van der Waals surface area (Å²) in [6.07, 6.45) is 9.29. The summed E-state index contributed by atoms with van der Waals surface area (Å²) in [5.41, 5.74) is 0.994. The van der Waals surface area contributed by atoms with Crippen molar-refractivity contribution in [2.45, 2.75) is 38.5 Å². The Bertz CT molecular complexity index is 385. The lowest BCUT2D eigenvalue weighted by Crippen LogP contribution is -2.42. The molecule has 5 heteroatoms. The Morgan fingerprint density at radius 1 is 1.24 bits per heavy atom. The molecule has 1 aromatic rings. The maximum Gasteiger partial charge on any atom is 0.276 e. The summed E-state index contributed by atoms with van der Waals surface area (Å²) in [6.45, 7) is 1.76. The van der Waals surface area contributed by atoms with E-state index in [9.17, 15) is 4.79 Å². The van der Waals surface area contributed by atoms with E-state index in [1.54, 1.807) is 0 Å². The number of hydrogen-bond acceptors (Lipinski definition) is 3. The molecule has 2 fully saturated rings. The fourth-order valence-electron chi connectivity index (χ4n) is 3.28. The quantitative estimate of drug-likeness (QED) is 0.802. The van der Waals surface area contributed by atoms with Gasteiger partial charge < -0.3 is 4.90 Å². The van der Waals surface area contributed by atoms with Crippen LogP contribution in [0, 0.1) is 5.41 Å². The molecule has 1 saturated heterocycles. The normalized spacial score (nSPS) is 23.2. The van der Waals surface area contributed by atoms with Gasteiger partial charge in [0.25, 0.3) is 5.91 Å². The Morgan fingerprint density at radius 3 is 2.53 bits per heavy atom. The maximum atomic E-state index is 12.1. The van der Waals surface area contributed by atoms with Crippen LogP contribution in [0.15, 0.2) is 6.20 Å². The van der Waals surface area contributed by atoms with Crippen LogP contribution in [0.3, 0.4) is 0 Å². The molecule has 0 atom stereocenters. The smallest absolute Gasteiger partial charge is 0.276 e. The molecule has 0 unspecified atom stereocenters. The fourth-order valence-corrected chi connectivity index (χ4v) is 3.28. The van der Waals surface area contributed by atoms with Crippen molar-refractivity contribution >= 4 is 5.91 Å². The second kappa shape index (κ2) is 4.13. The number of rotatable bonds is 1. The van der Waals surface area contributed by atoms with Crippen LogP contribution in [-0.2, 0) is 0 Å². The number of carbonyl (C=O) groups is 1. The van der Waals surface area contributed by atoms with Gasteiger partial charge in [0, 0.05) is 13.1 Å². The first-order valence-electron chi connectivity index (χ1n) is 6.44. The molecule has 0 aromatic carbocycles. The van der Waals surface area contributed by atoms with E-state index in [4.69, 9.17) is 0 Å². The number of H-pyrrole nitrogens is 1. The van der Waals surface area contributed by atoms with Gasteiger partial charge in [-0.2, -0.15) is 15.4 Å². The molecule has 0 radical (unpaired) electrons. The summed E-state index contributed by atoms with van der Waals surface area (Å²) in [5.74, 6) is 0.0200. The summed E-state index contributed by atoms with van der Waals surface area (Å²) in [6, 6.07) is 0. The summed E-state index contributed by atoms with van der Waals surface area (Å²) in [4.78, 5) is 14.0. The van der Waals surface area contributed by atoms with Crippen molar-refractivity contribution in [3.8, 4) is 0 Å². The van der Waals surface area contributed by atoms with Gasteiger partial charge in [-0.25, -0.2) is 0 Å². The number of hydrogen-bond donors (Lipinski definition) is 1. The summed E-state index contributed by atoms with van der Waals surface area (Å²) < 4.78 is 0. The first kappa shape index (κ1) is 10.7. The van der Waals surface area contributed by atoms with Crippen LogP contribution in [0.4, 0.5) is 0 Å². The van der Waals surface area contributed by atoms with Crippen LogP contribution in [0.1, 0.15) is 49.0 Å². The van der Waals surface area contributed by atoms with Gasteiger partial charge >= 0.3 is 0 Å². The largest absolute Gasteiger partial charge is 0.337 e. The van der Waals surface area contributed by atoms with Crippen LogP contribution in [0.25, 0.3) is 0 Å². The lowest BCUT2D eigenvalue weighted by atomic mass is 9.77. The Hall–Kier alpha value is -1.39. The van der Waals surface area contributed by atoms with Crippen LogP contribution >= 0.6 is 0 Å². The molecular weight excluding hydrogens is 216 g/mol. The van der Waals surface area contributed by atoms with Crippen molar-refractivity contribution in [2.24, 2.45) is 5.41 Å². The number of aromatic amines is 1. The number of piperidine rings is 1. The van der Waals surface area contributed by atoms with Gasteiger partial charge in [-0.3, -0.25) is 4.79 Å². The Labute approximate surface area is 101 Å². The second-order valence-corrected chi connectivity index (χ2v) is 5.35. The SMILES string of the molecule is O=C(c1cn[nH]n1)N1CCC2(CCCC2)CC1. The van der Waals surface area contributed by atoms with Crippen molar-refractivity contribution in [1.29, 1.82) is 0 Å². The number of nitrogens with zero attached hydrogens (tertiary/aromatic N) is 3. The van der Waals surface area contributed by atoms with Crippen LogP contribution in [-0.4, -0.2) is 39.3 Å². The minimum atomic E-state index is 0.0200. The van der Waals surface area contributed by atoms with E-state index < -0.39 is 0 Å². The van der Waals surface area contributed by atoms with E-state index in [0.717, 1.165) is 25.9 Å². The third kappa shape index (κ3) is 1.94. The van der Waals surface area contributed by atoms with Gasteiger partial charge in [-0.1, -0.05) is 12.8 Å². The summed E-state index contributed by atoms with van der Waals surface area (Å²) in [7, 11) is 0. The molecule has 1 aliphatic heterocycles. The lowest BCUT2D eigenvalue weighted by molar-refractivity contribution is 0.0582. The Morgan fingerprint density at radius 2 is 1.94 bits per heavy atom. The van der Waals surface area contributed by atoms with E-state index in [1.807, 2.05) is 4.90 Å². The molecule has 1 aliphatic carbocycles. The molecule has 2 heterocycles. The number of amides is 1. The predicted molar refractivity (Wildman–Crippen MR) is 62.4 cm³/mol. The topological polar surface area (TPSA) is 61.9 Å². The zero-order valence-corrected chi connectivity index (χ0v) is 9.98. The lowest BCUT2D eigenvalue weighted by Gasteiger charge is -2.39. The van der Waals surface area contributed by atoms with Gasteiger partial charge in [0.05, 0.1) is 6.20 Å². The standard InChI is InChI=1S/C12H18N4O/c17-11(10-9-13-15-14-10)16-7-5-12(6-8-16)3-1-2-4-12/h9H,1-8H2,(H,13,14,15). The van der Waals surface area contributed by atoms with E-state index in [-0.39, 0.29) is 5.91 Å². The molecule has 3 rings (SSSR count). The second-order valence-electron chi connectivity index (χ2n) is 5.35. The molecule has 1 N–H and O–H groups in total. The Balaban J connectivity index is 1.63. The van der Waals surface area contributed by atoms with E-state index in [2.05, 4.69) is 15.4 Å². The van der Waals surface area contributed by atoms with E-state index in [1.165, 1.54) is 31.9 Å². The third-order valence-electron chi connectivity index (χ3n) is 4.41. The zero-order chi connectivity index (χ0) is 11.7. The van der Waals surface area contributed by atoms with Crippen LogP contribution in [0.5, 0.6) is 0 Å². The number of likely N-dealkylation sites (tertiary alicyclic amines) is 1. The van der Waals surface area contributed by atoms with Crippen molar-refractivity contribution < 1.29 is 4.79 Å². The van der Waals surface area contributed by atoms with Gasteiger partial charge in [-0.05, 0) is 31.1 Å². The highest BCUT2D eigenvalue weighted by Crippen LogP contribution is 2.46. The van der Waals surface area contributed by atoms with Crippen LogP contribution in [0.2, 0.25) is 0 Å². The van der Waals surface area contributed by atoms with Gasteiger partial charge in [-0.15, -0.1) is 0 Å².